The lowest BCUT2D eigenvalue weighted by molar-refractivity contribution is -0.117. The molecule has 0 radical (unpaired) electrons. The number of anilines is 1. The van der Waals surface area contributed by atoms with Crippen molar-refractivity contribution in [1.82, 2.24) is 0 Å². The van der Waals surface area contributed by atoms with Crippen molar-refractivity contribution < 1.29 is 4.79 Å². The van der Waals surface area contributed by atoms with E-state index in [0.717, 1.165) is 34.1 Å². The number of rotatable bonds is 5. The second-order valence-electron chi connectivity index (χ2n) is 5.02. The standard InChI is InChI=1S/C18H20BrNO/c1-3-13-12-15(19)10-11-17(13)20-18(21)16(4-2)14-8-6-5-7-9-14/h5-12,16H,3-4H2,1-2H3,(H,20,21). The minimum atomic E-state index is -0.112. The third kappa shape index (κ3) is 3.94. The zero-order chi connectivity index (χ0) is 15.2. The smallest absolute Gasteiger partial charge is 0.231 e. The number of carbonyl (C=O) groups excluding carboxylic acids is 1. The van der Waals surface area contributed by atoms with Crippen LogP contribution < -0.4 is 5.32 Å². The van der Waals surface area contributed by atoms with Gasteiger partial charge >= 0.3 is 0 Å². The highest BCUT2D eigenvalue weighted by Gasteiger charge is 2.19. The summed E-state index contributed by atoms with van der Waals surface area (Å²) in [4.78, 5) is 12.6. The summed E-state index contributed by atoms with van der Waals surface area (Å²) in [6.07, 6.45) is 1.67. The highest BCUT2D eigenvalue weighted by Crippen LogP contribution is 2.25. The molecule has 1 N–H and O–H groups in total. The van der Waals surface area contributed by atoms with Crippen molar-refractivity contribution in [2.24, 2.45) is 0 Å². The highest BCUT2D eigenvalue weighted by atomic mass is 79.9. The molecule has 2 nitrogen and oxygen atoms in total. The van der Waals surface area contributed by atoms with Gasteiger partial charge in [0.15, 0.2) is 0 Å². The van der Waals surface area contributed by atoms with Crippen LogP contribution in [0.15, 0.2) is 53.0 Å². The average molecular weight is 346 g/mol. The van der Waals surface area contributed by atoms with Gasteiger partial charge in [0.2, 0.25) is 5.91 Å². The average Bonchev–Trinajstić information content (AvgIpc) is 2.51. The fraction of sp³-hybridized carbons (Fsp3) is 0.278. The van der Waals surface area contributed by atoms with E-state index in [9.17, 15) is 4.79 Å². The van der Waals surface area contributed by atoms with E-state index in [0.29, 0.717) is 0 Å². The lowest BCUT2D eigenvalue weighted by Gasteiger charge is -2.17. The monoisotopic (exact) mass is 345 g/mol. The predicted molar refractivity (Wildman–Crippen MR) is 91.6 cm³/mol. The molecule has 2 aromatic carbocycles. The number of aryl methyl sites for hydroxylation is 1. The maximum Gasteiger partial charge on any atom is 0.231 e. The topological polar surface area (TPSA) is 29.1 Å². The van der Waals surface area contributed by atoms with Gasteiger partial charge in [0.1, 0.15) is 0 Å². The Kier molecular flexibility index (Phi) is 5.57. The normalized spacial score (nSPS) is 12.0. The molecule has 1 amide bonds. The summed E-state index contributed by atoms with van der Waals surface area (Å²) >= 11 is 3.47. The minimum absolute atomic E-state index is 0.0562. The molecule has 0 aliphatic carbocycles. The number of hydrogen-bond donors (Lipinski definition) is 1. The number of hydrogen-bond acceptors (Lipinski definition) is 1. The van der Waals surface area contributed by atoms with Gasteiger partial charge in [-0.05, 0) is 42.2 Å². The van der Waals surface area contributed by atoms with E-state index in [1.54, 1.807) is 0 Å². The van der Waals surface area contributed by atoms with E-state index >= 15 is 0 Å². The first-order valence-electron chi connectivity index (χ1n) is 7.30. The third-order valence-electron chi connectivity index (χ3n) is 3.63. The summed E-state index contributed by atoms with van der Waals surface area (Å²) < 4.78 is 1.03. The molecule has 21 heavy (non-hydrogen) atoms. The summed E-state index contributed by atoms with van der Waals surface area (Å²) in [6, 6.07) is 15.9. The van der Waals surface area contributed by atoms with Gasteiger partial charge in [-0.2, -0.15) is 0 Å². The van der Waals surface area contributed by atoms with Gasteiger partial charge in [0.05, 0.1) is 5.92 Å². The Morgan fingerprint density at radius 3 is 2.48 bits per heavy atom. The lowest BCUT2D eigenvalue weighted by atomic mass is 9.95. The molecule has 0 saturated carbocycles. The van der Waals surface area contributed by atoms with E-state index < -0.39 is 0 Å². The van der Waals surface area contributed by atoms with Gasteiger partial charge in [-0.3, -0.25) is 4.79 Å². The summed E-state index contributed by atoms with van der Waals surface area (Å²) in [5, 5.41) is 3.08. The maximum absolute atomic E-state index is 12.6. The minimum Gasteiger partial charge on any atom is -0.325 e. The van der Waals surface area contributed by atoms with Crippen LogP contribution in [0, 0.1) is 0 Å². The van der Waals surface area contributed by atoms with E-state index in [-0.39, 0.29) is 11.8 Å². The molecule has 0 fully saturated rings. The number of benzene rings is 2. The van der Waals surface area contributed by atoms with Gasteiger partial charge in [-0.15, -0.1) is 0 Å². The van der Waals surface area contributed by atoms with Crippen molar-refractivity contribution in [3.63, 3.8) is 0 Å². The van der Waals surface area contributed by atoms with Crippen molar-refractivity contribution in [2.45, 2.75) is 32.6 Å². The summed E-state index contributed by atoms with van der Waals surface area (Å²) in [7, 11) is 0. The third-order valence-corrected chi connectivity index (χ3v) is 4.13. The quantitative estimate of drug-likeness (QED) is 0.798. The predicted octanol–water partition coefficient (Wildman–Crippen LogP) is 5.14. The molecule has 0 bridgehead atoms. The molecular formula is C18H20BrNO. The van der Waals surface area contributed by atoms with Gasteiger partial charge in [0.25, 0.3) is 0 Å². The Labute approximate surface area is 134 Å². The second kappa shape index (κ2) is 7.41. The van der Waals surface area contributed by atoms with Crippen LogP contribution in [0.4, 0.5) is 5.69 Å². The molecule has 1 atom stereocenters. The molecule has 2 rings (SSSR count). The molecular weight excluding hydrogens is 326 g/mol. The van der Waals surface area contributed by atoms with E-state index in [2.05, 4.69) is 34.2 Å². The Balaban J connectivity index is 2.20. The Hall–Kier alpha value is -1.61. The van der Waals surface area contributed by atoms with Crippen LogP contribution in [0.2, 0.25) is 0 Å². The summed E-state index contributed by atoms with van der Waals surface area (Å²) in [5.74, 6) is -0.0553. The highest BCUT2D eigenvalue weighted by molar-refractivity contribution is 9.10. The largest absolute Gasteiger partial charge is 0.325 e. The number of halogens is 1. The molecule has 3 heteroatoms. The molecule has 0 saturated heterocycles. The van der Waals surface area contributed by atoms with Crippen molar-refractivity contribution in [3.8, 4) is 0 Å². The van der Waals surface area contributed by atoms with E-state index in [1.807, 2.05) is 49.4 Å². The molecule has 0 aliphatic heterocycles. The van der Waals surface area contributed by atoms with Crippen molar-refractivity contribution in [1.29, 1.82) is 0 Å². The summed E-state index contributed by atoms with van der Waals surface area (Å²) in [6.45, 7) is 4.13. The van der Waals surface area contributed by atoms with Gasteiger partial charge in [0, 0.05) is 10.2 Å². The first-order chi connectivity index (χ1) is 10.2. The fourth-order valence-electron chi connectivity index (χ4n) is 2.45. The first kappa shape index (κ1) is 15.8. The molecule has 0 aliphatic rings. The van der Waals surface area contributed by atoms with E-state index in [4.69, 9.17) is 0 Å². The van der Waals surface area contributed by atoms with Gasteiger partial charge in [-0.25, -0.2) is 0 Å². The second-order valence-corrected chi connectivity index (χ2v) is 5.93. The van der Waals surface area contributed by atoms with Crippen molar-refractivity contribution >= 4 is 27.5 Å². The Morgan fingerprint density at radius 2 is 1.86 bits per heavy atom. The Morgan fingerprint density at radius 1 is 1.14 bits per heavy atom. The zero-order valence-corrected chi connectivity index (χ0v) is 14.0. The van der Waals surface area contributed by atoms with E-state index in [1.165, 1.54) is 0 Å². The Bertz CT molecular complexity index is 610. The SMILES string of the molecule is CCc1cc(Br)ccc1NC(=O)C(CC)c1ccccc1. The van der Waals surface area contributed by atoms with Crippen LogP contribution in [-0.2, 0) is 11.2 Å². The fourth-order valence-corrected chi connectivity index (χ4v) is 2.86. The van der Waals surface area contributed by atoms with Crippen LogP contribution in [0.1, 0.15) is 37.3 Å². The van der Waals surface area contributed by atoms with Gasteiger partial charge < -0.3 is 5.32 Å². The van der Waals surface area contributed by atoms with Crippen molar-refractivity contribution in [3.05, 3.63) is 64.1 Å². The van der Waals surface area contributed by atoms with Crippen LogP contribution in [-0.4, -0.2) is 5.91 Å². The number of amides is 1. The summed E-state index contributed by atoms with van der Waals surface area (Å²) in [5.41, 5.74) is 3.10. The molecule has 1 unspecified atom stereocenters. The van der Waals surface area contributed by atoms with Gasteiger partial charge in [-0.1, -0.05) is 60.1 Å². The molecule has 2 aromatic rings. The van der Waals surface area contributed by atoms with Crippen LogP contribution in [0.5, 0.6) is 0 Å². The van der Waals surface area contributed by atoms with Crippen molar-refractivity contribution in [2.75, 3.05) is 5.32 Å². The molecule has 0 aromatic heterocycles. The zero-order valence-electron chi connectivity index (χ0n) is 12.4. The van der Waals surface area contributed by atoms with Crippen LogP contribution in [0.3, 0.4) is 0 Å². The first-order valence-corrected chi connectivity index (χ1v) is 8.09. The lowest BCUT2D eigenvalue weighted by Crippen LogP contribution is -2.21. The van der Waals surface area contributed by atoms with Crippen LogP contribution >= 0.6 is 15.9 Å². The number of carbonyl (C=O) groups is 1. The molecule has 110 valence electrons. The molecule has 0 spiro atoms. The number of nitrogens with one attached hydrogen (secondary N) is 1. The maximum atomic E-state index is 12.6. The molecule has 0 heterocycles. The van der Waals surface area contributed by atoms with Crippen LogP contribution in [0.25, 0.3) is 0 Å².